The molecule has 1 unspecified atom stereocenters. The average molecular weight is 481 g/mol. The monoisotopic (exact) mass is 480 g/mol. The lowest BCUT2D eigenvalue weighted by Crippen LogP contribution is -2.15. The van der Waals surface area contributed by atoms with Gasteiger partial charge in [0.05, 0.1) is 27.1 Å². The summed E-state index contributed by atoms with van der Waals surface area (Å²) in [6.45, 7) is 1.81. The van der Waals surface area contributed by atoms with Gasteiger partial charge in [0.25, 0.3) is 10.0 Å². The van der Waals surface area contributed by atoms with Gasteiger partial charge in [-0.1, -0.05) is 42.5 Å². The van der Waals surface area contributed by atoms with E-state index in [-0.39, 0.29) is 16.1 Å². The standard InChI is InChI=1S/C24H20N2O5S2/c1-15-21(25-23(31-15)17-7-3-2-4-8-17)22(32)16-11-13-18(14-12-16)33(29,30)26-20-10-6-5-9-19(20)24(27)28/h2-14,22,26,32H,1H3,(H,27,28). The Hall–Kier alpha value is -3.56. The first-order chi connectivity index (χ1) is 15.8. The quantitative estimate of drug-likeness (QED) is 0.315. The molecule has 0 fully saturated rings. The Balaban J connectivity index is 1.57. The molecule has 4 aromatic rings. The van der Waals surface area contributed by atoms with Crippen molar-refractivity contribution in [3.05, 3.63) is 101 Å². The molecule has 0 bridgehead atoms. The van der Waals surface area contributed by atoms with Gasteiger partial charge in [0.15, 0.2) is 0 Å². The third-order valence-corrected chi connectivity index (χ3v) is 6.94. The molecule has 2 N–H and O–H groups in total. The second-order valence-electron chi connectivity index (χ2n) is 7.25. The van der Waals surface area contributed by atoms with Gasteiger partial charge in [-0.25, -0.2) is 18.2 Å². The van der Waals surface area contributed by atoms with Gasteiger partial charge in [-0.3, -0.25) is 4.72 Å². The van der Waals surface area contributed by atoms with Crippen LogP contribution < -0.4 is 4.72 Å². The predicted molar refractivity (Wildman–Crippen MR) is 128 cm³/mol. The summed E-state index contributed by atoms with van der Waals surface area (Å²) in [5.74, 6) is -0.112. The second-order valence-corrected chi connectivity index (χ2v) is 9.45. The van der Waals surface area contributed by atoms with Crippen molar-refractivity contribution in [3.63, 3.8) is 0 Å². The SMILES string of the molecule is Cc1oc(-c2ccccc2)nc1C(S)c1ccc(S(=O)(=O)Nc2ccccc2C(=O)O)cc1. The largest absolute Gasteiger partial charge is 0.478 e. The molecular weight excluding hydrogens is 460 g/mol. The molecule has 9 heteroatoms. The summed E-state index contributed by atoms with van der Waals surface area (Å²) in [4.78, 5) is 15.9. The van der Waals surface area contributed by atoms with Crippen molar-refractivity contribution in [1.29, 1.82) is 0 Å². The number of nitrogens with zero attached hydrogens (tertiary/aromatic N) is 1. The van der Waals surface area contributed by atoms with Crippen LogP contribution in [0, 0.1) is 6.92 Å². The maximum atomic E-state index is 12.8. The number of sulfonamides is 1. The van der Waals surface area contributed by atoms with E-state index in [9.17, 15) is 18.3 Å². The minimum absolute atomic E-state index is 0.00572. The number of nitrogens with one attached hydrogen (secondary N) is 1. The number of oxazole rings is 1. The number of rotatable bonds is 7. The van der Waals surface area contributed by atoms with Gasteiger partial charge in [0.1, 0.15) is 5.76 Å². The molecule has 0 aliphatic heterocycles. The van der Waals surface area contributed by atoms with Crippen molar-refractivity contribution in [2.45, 2.75) is 17.1 Å². The Morgan fingerprint density at radius 2 is 1.64 bits per heavy atom. The van der Waals surface area contributed by atoms with Crippen molar-refractivity contribution in [3.8, 4) is 11.5 Å². The van der Waals surface area contributed by atoms with E-state index in [4.69, 9.17) is 4.42 Å². The fraction of sp³-hybridized carbons (Fsp3) is 0.0833. The minimum Gasteiger partial charge on any atom is -0.478 e. The van der Waals surface area contributed by atoms with Gasteiger partial charge < -0.3 is 9.52 Å². The number of carboxylic acids is 1. The Morgan fingerprint density at radius 1 is 1.00 bits per heavy atom. The fourth-order valence-electron chi connectivity index (χ4n) is 3.32. The first-order valence-corrected chi connectivity index (χ1v) is 11.9. The molecule has 3 aromatic carbocycles. The van der Waals surface area contributed by atoms with Crippen molar-refractivity contribution in [2.75, 3.05) is 4.72 Å². The number of carboxylic acid groups (broad SMARTS) is 1. The Labute approximate surface area is 196 Å². The van der Waals surface area contributed by atoms with E-state index in [1.54, 1.807) is 25.1 Å². The van der Waals surface area contributed by atoms with Crippen LogP contribution in [0.25, 0.3) is 11.5 Å². The fourth-order valence-corrected chi connectivity index (χ4v) is 4.81. The van der Waals surface area contributed by atoms with Crippen LogP contribution in [0.1, 0.15) is 32.6 Å². The predicted octanol–water partition coefficient (Wildman–Crippen LogP) is 5.17. The van der Waals surface area contributed by atoms with Gasteiger partial charge in [-0.2, -0.15) is 12.6 Å². The molecule has 33 heavy (non-hydrogen) atoms. The number of anilines is 1. The molecule has 1 atom stereocenters. The van der Waals surface area contributed by atoms with Gasteiger partial charge >= 0.3 is 5.97 Å². The van der Waals surface area contributed by atoms with Crippen LogP contribution in [-0.2, 0) is 10.0 Å². The summed E-state index contributed by atoms with van der Waals surface area (Å²) in [7, 11) is -3.99. The van der Waals surface area contributed by atoms with Crippen LogP contribution in [0.2, 0.25) is 0 Å². The summed E-state index contributed by atoms with van der Waals surface area (Å²) in [5.41, 5.74) is 2.08. The van der Waals surface area contributed by atoms with Crippen molar-refractivity contribution in [1.82, 2.24) is 4.98 Å². The molecule has 0 spiro atoms. The number of para-hydroxylation sites is 1. The number of aromatic carboxylic acids is 1. The number of aryl methyl sites for hydroxylation is 1. The summed E-state index contributed by atoms with van der Waals surface area (Å²) in [6, 6.07) is 21.5. The lowest BCUT2D eigenvalue weighted by atomic mass is 10.1. The molecule has 4 rings (SSSR count). The number of hydrogen-bond donors (Lipinski definition) is 3. The highest BCUT2D eigenvalue weighted by Gasteiger charge is 2.22. The normalized spacial score (nSPS) is 12.3. The molecule has 0 saturated carbocycles. The number of hydrogen-bond acceptors (Lipinski definition) is 6. The number of thiol groups is 1. The Kier molecular flexibility index (Phi) is 6.26. The topological polar surface area (TPSA) is 110 Å². The Morgan fingerprint density at radius 3 is 2.30 bits per heavy atom. The van der Waals surface area contributed by atoms with Crippen LogP contribution in [0.4, 0.5) is 5.69 Å². The van der Waals surface area contributed by atoms with E-state index >= 15 is 0 Å². The molecule has 0 radical (unpaired) electrons. The van der Waals surface area contributed by atoms with Crippen LogP contribution >= 0.6 is 12.6 Å². The molecule has 1 heterocycles. The Bertz CT molecular complexity index is 1400. The highest BCUT2D eigenvalue weighted by Crippen LogP contribution is 2.33. The van der Waals surface area contributed by atoms with Gasteiger partial charge in [-0.05, 0) is 48.9 Å². The molecule has 0 amide bonds. The number of carbonyl (C=O) groups is 1. The van der Waals surface area contributed by atoms with Gasteiger partial charge in [0.2, 0.25) is 5.89 Å². The van der Waals surface area contributed by atoms with Crippen molar-refractivity contribution >= 4 is 34.3 Å². The van der Waals surface area contributed by atoms with Crippen LogP contribution in [-0.4, -0.2) is 24.5 Å². The molecule has 0 aliphatic rings. The van der Waals surface area contributed by atoms with E-state index in [0.717, 1.165) is 11.1 Å². The smallest absolute Gasteiger partial charge is 0.337 e. The average Bonchev–Trinajstić information content (AvgIpc) is 3.21. The van der Waals surface area contributed by atoms with Gasteiger partial charge in [0, 0.05) is 5.56 Å². The van der Waals surface area contributed by atoms with Crippen LogP contribution in [0.15, 0.2) is 88.2 Å². The lowest BCUT2D eigenvalue weighted by molar-refractivity contribution is 0.0698. The summed E-state index contributed by atoms with van der Waals surface area (Å²) in [6.07, 6.45) is 0. The third kappa shape index (κ3) is 4.79. The molecular formula is C24H20N2O5S2. The minimum atomic E-state index is -3.99. The third-order valence-electron chi connectivity index (χ3n) is 5.02. The van der Waals surface area contributed by atoms with Crippen molar-refractivity contribution in [2.24, 2.45) is 0 Å². The molecule has 7 nitrogen and oxygen atoms in total. The van der Waals surface area contributed by atoms with E-state index in [2.05, 4.69) is 22.3 Å². The maximum Gasteiger partial charge on any atom is 0.337 e. The summed E-state index contributed by atoms with van der Waals surface area (Å²) in [5, 5.41) is 8.85. The molecule has 0 saturated heterocycles. The van der Waals surface area contributed by atoms with Gasteiger partial charge in [-0.15, -0.1) is 0 Å². The van der Waals surface area contributed by atoms with Crippen LogP contribution in [0.5, 0.6) is 0 Å². The zero-order chi connectivity index (χ0) is 23.6. The van der Waals surface area contributed by atoms with E-state index in [0.29, 0.717) is 17.3 Å². The van der Waals surface area contributed by atoms with E-state index in [1.807, 2.05) is 30.3 Å². The highest BCUT2D eigenvalue weighted by molar-refractivity contribution is 7.92. The summed E-state index contributed by atoms with van der Waals surface area (Å²) < 4.78 is 33.7. The maximum absolute atomic E-state index is 12.8. The summed E-state index contributed by atoms with van der Waals surface area (Å²) >= 11 is 4.67. The lowest BCUT2D eigenvalue weighted by Gasteiger charge is -2.12. The van der Waals surface area contributed by atoms with E-state index in [1.165, 1.54) is 30.3 Å². The number of benzene rings is 3. The highest BCUT2D eigenvalue weighted by atomic mass is 32.2. The molecule has 0 aliphatic carbocycles. The second kappa shape index (κ2) is 9.13. The van der Waals surface area contributed by atoms with Crippen LogP contribution in [0.3, 0.4) is 0 Å². The molecule has 168 valence electrons. The zero-order valence-corrected chi connectivity index (χ0v) is 19.2. The molecule has 1 aromatic heterocycles. The van der Waals surface area contributed by atoms with Crippen molar-refractivity contribution < 1.29 is 22.7 Å². The first-order valence-electron chi connectivity index (χ1n) is 9.92. The zero-order valence-electron chi connectivity index (χ0n) is 17.5. The number of aromatic nitrogens is 1. The first kappa shape index (κ1) is 22.6. The van der Waals surface area contributed by atoms with E-state index < -0.39 is 21.2 Å².